The van der Waals surface area contributed by atoms with Crippen molar-refractivity contribution in [2.75, 3.05) is 26.7 Å². The van der Waals surface area contributed by atoms with Crippen molar-refractivity contribution in [3.05, 3.63) is 0 Å². The van der Waals surface area contributed by atoms with Crippen molar-refractivity contribution in [2.24, 2.45) is 11.7 Å². The van der Waals surface area contributed by atoms with Crippen LogP contribution in [0.4, 0.5) is 4.79 Å². The smallest absolute Gasteiger partial charge is 0.325 e. The minimum Gasteiger partial charge on any atom is -0.327 e. The average Bonchev–Trinajstić information content (AvgIpc) is 2.53. The lowest BCUT2D eigenvalue weighted by molar-refractivity contribution is -0.130. The molecule has 0 aromatic heterocycles. The SMILES string of the molecule is CC(C)C(N)CCN(C)CCN1C(=O)NC(C)(C)C1=O. The van der Waals surface area contributed by atoms with E-state index in [2.05, 4.69) is 24.1 Å². The zero-order valence-corrected chi connectivity index (χ0v) is 13.3. The van der Waals surface area contributed by atoms with Gasteiger partial charge in [0.15, 0.2) is 0 Å². The number of hydrogen-bond donors (Lipinski definition) is 2. The molecule has 1 atom stereocenters. The number of amides is 3. The molecule has 1 saturated heterocycles. The predicted octanol–water partition coefficient (Wildman–Crippen LogP) is 0.622. The number of likely N-dealkylation sites (N-methyl/N-ethyl adjacent to an activating group) is 1. The molecule has 0 spiro atoms. The van der Waals surface area contributed by atoms with E-state index in [0.717, 1.165) is 13.0 Å². The second kappa shape index (κ2) is 6.54. The molecule has 1 aliphatic rings. The Morgan fingerprint density at radius 2 is 1.90 bits per heavy atom. The number of carbonyl (C=O) groups is 2. The van der Waals surface area contributed by atoms with Crippen molar-refractivity contribution in [1.29, 1.82) is 0 Å². The Kier molecular flexibility index (Phi) is 5.53. The highest BCUT2D eigenvalue weighted by Crippen LogP contribution is 2.16. The number of rotatable bonds is 7. The van der Waals surface area contributed by atoms with Crippen molar-refractivity contribution in [2.45, 2.75) is 45.7 Å². The molecule has 1 heterocycles. The topological polar surface area (TPSA) is 78.7 Å². The van der Waals surface area contributed by atoms with Crippen LogP contribution in [0.3, 0.4) is 0 Å². The summed E-state index contributed by atoms with van der Waals surface area (Å²) in [7, 11) is 1.98. The molecule has 1 fully saturated rings. The van der Waals surface area contributed by atoms with Gasteiger partial charge < -0.3 is 16.0 Å². The van der Waals surface area contributed by atoms with Gasteiger partial charge in [0.05, 0.1) is 0 Å². The second-order valence-electron chi connectivity index (χ2n) is 6.51. The van der Waals surface area contributed by atoms with Crippen LogP contribution in [0.15, 0.2) is 0 Å². The molecule has 0 radical (unpaired) electrons. The molecule has 3 amide bonds. The lowest BCUT2D eigenvalue weighted by atomic mass is 10.0. The molecule has 0 bridgehead atoms. The van der Waals surface area contributed by atoms with E-state index in [1.165, 1.54) is 4.90 Å². The summed E-state index contributed by atoms with van der Waals surface area (Å²) in [4.78, 5) is 27.1. The van der Waals surface area contributed by atoms with Crippen molar-refractivity contribution >= 4 is 11.9 Å². The number of urea groups is 1. The summed E-state index contributed by atoms with van der Waals surface area (Å²) in [6.45, 7) is 9.62. The summed E-state index contributed by atoms with van der Waals surface area (Å²) in [6.07, 6.45) is 0.916. The molecule has 0 aromatic carbocycles. The number of carbonyl (C=O) groups excluding carboxylic acids is 2. The van der Waals surface area contributed by atoms with Crippen LogP contribution < -0.4 is 11.1 Å². The van der Waals surface area contributed by atoms with Gasteiger partial charge in [-0.05, 0) is 39.8 Å². The Morgan fingerprint density at radius 1 is 1.30 bits per heavy atom. The fourth-order valence-corrected chi connectivity index (χ4v) is 2.11. The van der Waals surface area contributed by atoms with Gasteiger partial charge in [-0.25, -0.2) is 4.79 Å². The third kappa shape index (κ3) is 4.18. The fraction of sp³-hybridized carbons (Fsp3) is 0.857. The van der Waals surface area contributed by atoms with Crippen molar-refractivity contribution in [1.82, 2.24) is 15.1 Å². The second-order valence-corrected chi connectivity index (χ2v) is 6.51. The Hall–Kier alpha value is -1.14. The molecule has 6 heteroatoms. The first-order valence-electron chi connectivity index (χ1n) is 7.23. The Morgan fingerprint density at radius 3 is 2.35 bits per heavy atom. The van der Waals surface area contributed by atoms with E-state index in [4.69, 9.17) is 5.73 Å². The minimum absolute atomic E-state index is 0.158. The van der Waals surface area contributed by atoms with E-state index in [0.29, 0.717) is 19.0 Å². The zero-order chi connectivity index (χ0) is 15.5. The number of imide groups is 1. The fourth-order valence-electron chi connectivity index (χ4n) is 2.11. The lowest BCUT2D eigenvalue weighted by Crippen LogP contribution is -2.42. The molecule has 6 nitrogen and oxygen atoms in total. The quantitative estimate of drug-likeness (QED) is 0.672. The summed E-state index contributed by atoms with van der Waals surface area (Å²) in [5.74, 6) is 0.310. The third-order valence-corrected chi connectivity index (χ3v) is 3.85. The number of nitrogens with one attached hydrogen (secondary N) is 1. The van der Waals surface area contributed by atoms with Gasteiger partial charge in [-0.2, -0.15) is 0 Å². The molecule has 116 valence electrons. The minimum atomic E-state index is -0.782. The van der Waals surface area contributed by atoms with Gasteiger partial charge in [0, 0.05) is 19.1 Å². The molecule has 0 aliphatic carbocycles. The Labute approximate surface area is 121 Å². The highest BCUT2D eigenvalue weighted by Gasteiger charge is 2.43. The maximum atomic E-state index is 12.0. The van der Waals surface area contributed by atoms with Gasteiger partial charge in [0.2, 0.25) is 0 Å². The van der Waals surface area contributed by atoms with Gasteiger partial charge in [-0.15, -0.1) is 0 Å². The first kappa shape index (κ1) is 16.9. The van der Waals surface area contributed by atoms with Gasteiger partial charge >= 0.3 is 6.03 Å². The largest absolute Gasteiger partial charge is 0.327 e. The molecule has 1 aliphatic heterocycles. The molecule has 20 heavy (non-hydrogen) atoms. The number of nitrogens with two attached hydrogens (primary N) is 1. The normalized spacial score (nSPS) is 19.9. The molecule has 0 aromatic rings. The summed E-state index contributed by atoms with van der Waals surface area (Å²) >= 11 is 0. The van der Waals surface area contributed by atoms with Gasteiger partial charge in [0.1, 0.15) is 5.54 Å². The average molecular weight is 284 g/mol. The highest BCUT2D eigenvalue weighted by atomic mass is 16.2. The molecule has 3 N–H and O–H groups in total. The van der Waals surface area contributed by atoms with Gasteiger partial charge in [0.25, 0.3) is 5.91 Å². The standard InChI is InChI=1S/C14H28N4O2/c1-10(2)11(15)6-7-17(5)8-9-18-12(19)14(3,4)16-13(18)20/h10-11H,6-9,15H2,1-5H3,(H,16,20). The van der Waals surface area contributed by atoms with Crippen molar-refractivity contribution in [3.8, 4) is 0 Å². The van der Waals surface area contributed by atoms with Crippen LogP contribution in [-0.4, -0.2) is 60.0 Å². The number of nitrogens with zero attached hydrogens (tertiary/aromatic N) is 2. The molecular formula is C14H28N4O2. The van der Waals surface area contributed by atoms with E-state index in [1.807, 2.05) is 7.05 Å². The molecular weight excluding hydrogens is 256 g/mol. The Bertz CT molecular complexity index is 368. The highest BCUT2D eigenvalue weighted by molar-refractivity contribution is 6.06. The van der Waals surface area contributed by atoms with Crippen LogP contribution in [-0.2, 0) is 4.79 Å². The molecule has 1 unspecified atom stereocenters. The van der Waals surface area contributed by atoms with Gasteiger partial charge in [-0.3, -0.25) is 9.69 Å². The van der Waals surface area contributed by atoms with E-state index in [1.54, 1.807) is 13.8 Å². The van der Waals surface area contributed by atoms with E-state index in [-0.39, 0.29) is 18.0 Å². The monoisotopic (exact) mass is 284 g/mol. The molecule has 0 saturated carbocycles. The Balaban J connectivity index is 2.36. The maximum Gasteiger partial charge on any atom is 0.325 e. The maximum absolute atomic E-state index is 12.0. The van der Waals surface area contributed by atoms with Crippen molar-refractivity contribution < 1.29 is 9.59 Å². The van der Waals surface area contributed by atoms with Crippen LogP contribution in [0, 0.1) is 5.92 Å². The van der Waals surface area contributed by atoms with E-state index in [9.17, 15) is 9.59 Å². The first-order valence-corrected chi connectivity index (χ1v) is 7.23. The lowest BCUT2D eigenvalue weighted by Gasteiger charge is -2.23. The first-order chi connectivity index (χ1) is 9.15. The summed E-state index contributed by atoms with van der Waals surface area (Å²) in [5.41, 5.74) is 5.23. The summed E-state index contributed by atoms with van der Waals surface area (Å²) in [6, 6.07) is -0.111. The number of hydrogen-bond acceptors (Lipinski definition) is 4. The van der Waals surface area contributed by atoms with Crippen LogP contribution in [0.5, 0.6) is 0 Å². The van der Waals surface area contributed by atoms with Crippen molar-refractivity contribution in [3.63, 3.8) is 0 Å². The van der Waals surface area contributed by atoms with Crippen LogP contribution >= 0.6 is 0 Å². The molecule has 1 rings (SSSR count). The van der Waals surface area contributed by atoms with Gasteiger partial charge in [-0.1, -0.05) is 13.8 Å². The van der Waals surface area contributed by atoms with Crippen LogP contribution in [0.1, 0.15) is 34.1 Å². The summed E-state index contributed by atoms with van der Waals surface area (Å²) in [5, 5.41) is 2.68. The van der Waals surface area contributed by atoms with Crippen LogP contribution in [0.2, 0.25) is 0 Å². The summed E-state index contributed by atoms with van der Waals surface area (Å²) < 4.78 is 0. The zero-order valence-electron chi connectivity index (χ0n) is 13.3. The van der Waals surface area contributed by atoms with E-state index < -0.39 is 5.54 Å². The van der Waals surface area contributed by atoms with Crippen LogP contribution in [0.25, 0.3) is 0 Å². The van der Waals surface area contributed by atoms with E-state index >= 15 is 0 Å². The predicted molar refractivity (Wildman–Crippen MR) is 79.3 cm³/mol. The third-order valence-electron chi connectivity index (χ3n) is 3.85.